The van der Waals surface area contributed by atoms with Crippen molar-refractivity contribution in [2.24, 2.45) is 11.1 Å². The molecule has 0 bridgehead atoms. The molecule has 1 heterocycles. The lowest BCUT2D eigenvalue weighted by molar-refractivity contribution is -0.144. The third-order valence-corrected chi connectivity index (χ3v) is 4.86. The van der Waals surface area contributed by atoms with Gasteiger partial charge >= 0.3 is 0 Å². The van der Waals surface area contributed by atoms with Crippen molar-refractivity contribution in [1.82, 2.24) is 9.80 Å². The molecular formula is C14H29Cl2N3O. The van der Waals surface area contributed by atoms with Gasteiger partial charge in [0.05, 0.1) is 5.41 Å². The molecule has 4 nitrogen and oxygen atoms in total. The zero-order chi connectivity index (χ0) is 13.2. The molecule has 6 heteroatoms. The summed E-state index contributed by atoms with van der Waals surface area (Å²) in [6.07, 6.45) is 4.40. The van der Waals surface area contributed by atoms with E-state index in [1.54, 1.807) is 0 Å². The molecule has 0 aromatic heterocycles. The van der Waals surface area contributed by atoms with Crippen LogP contribution in [0.5, 0.6) is 0 Å². The molecule has 0 aromatic rings. The van der Waals surface area contributed by atoms with E-state index >= 15 is 0 Å². The summed E-state index contributed by atoms with van der Waals surface area (Å²) >= 11 is 0. The molecule has 2 aliphatic rings. The van der Waals surface area contributed by atoms with Gasteiger partial charge in [-0.25, -0.2) is 0 Å². The smallest absolute Gasteiger partial charge is 0.230 e. The molecule has 0 aromatic carbocycles. The lowest BCUT2D eigenvalue weighted by Gasteiger charge is -2.40. The third kappa shape index (κ3) is 4.00. The third-order valence-electron chi connectivity index (χ3n) is 4.86. The normalized spacial score (nSPS) is 20.1. The van der Waals surface area contributed by atoms with Crippen LogP contribution in [0.2, 0.25) is 0 Å². The Kier molecular flexibility index (Phi) is 8.41. The number of nitrogens with zero attached hydrogens (tertiary/aromatic N) is 2. The molecule has 120 valence electrons. The maximum Gasteiger partial charge on any atom is 0.230 e. The summed E-state index contributed by atoms with van der Waals surface area (Å²) < 4.78 is 0. The van der Waals surface area contributed by atoms with Gasteiger partial charge in [0.2, 0.25) is 5.91 Å². The number of piperazine rings is 1. The Labute approximate surface area is 135 Å². The van der Waals surface area contributed by atoms with Crippen molar-refractivity contribution in [2.75, 3.05) is 32.7 Å². The molecule has 1 aliphatic carbocycles. The molecule has 0 radical (unpaired) electrons. The van der Waals surface area contributed by atoms with E-state index in [2.05, 4.69) is 18.7 Å². The predicted molar refractivity (Wildman–Crippen MR) is 87.7 cm³/mol. The number of hydrogen-bond donors (Lipinski definition) is 1. The van der Waals surface area contributed by atoms with Crippen molar-refractivity contribution in [3.63, 3.8) is 0 Å². The molecule has 1 saturated heterocycles. The summed E-state index contributed by atoms with van der Waals surface area (Å²) in [6, 6.07) is 0.818. The number of carbonyl (C=O) groups excluding carboxylic acids is 1. The maximum atomic E-state index is 12.6. The van der Waals surface area contributed by atoms with Crippen LogP contribution in [0, 0.1) is 5.41 Å². The second-order valence-electron chi connectivity index (χ2n) is 5.75. The number of hydrogen-bond acceptors (Lipinski definition) is 3. The van der Waals surface area contributed by atoms with Crippen molar-refractivity contribution in [1.29, 1.82) is 0 Å². The average Bonchev–Trinajstić information content (AvgIpc) is 3.26. The Morgan fingerprint density at radius 1 is 1.10 bits per heavy atom. The van der Waals surface area contributed by atoms with Crippen molar-refractivity contribution in [2.45, 2.75) is 45.6 Å². The Morgan fingerprint density at radius 2 is 1.60 bits per heavy atom. The quantitative estimate of drug-likeness (QED) is 0.839. The van der Waals surface area contributed by atoms with Crippen LogP contribution < -0.4 is 5.73 Å². The molecule has 0 atom stereocenters. The van der Waals surface area contributed by atoms with Gasteiger partial charge in [0.15, 0.2) is 0 Å². The summed E-state index contributed by atoms with van der Waals surface area (Å²) in [6.45, 7) is 8.49. The number of halogens is 2. The number of nitrogens with two attached hydrogens (primary N) is 1. The fraction of sp³-hybridized carbons (Fsp3) is 0.929. The highest BCUT2D eigenvalue weighted by Gasteiger charge is 2.39. The van der Waals surface area contributed by atoms with Crippen molar-refractivity contribution < 1.29 is 4.79 Å². The molecule has 2 N–H and O–H groups in total. The Balaban J connectivity index is 0.00000180. The van der Waals surface area contributed by atoms with Crippen molar-refractivity contribution >= 4 is 30.7 Å². The molecule has 0 spiro atoms. The van der Waals surface area contributed by atoms with E-state index in [1.165, 1.54) is 12.8 Å². The topological polar surface area (TPSA) is 49.6 Å². The van der Waals surface area contributed by atoms with Gasteiger partial charge in [0, 0.05) is 38.8 Å². The van der Waals surface area contributed by atoms with Gasteiger partial charge in [-0.2, -0.15) is 0 Å². The summed E-state index contributed by atoms with van der Waals surface area (Å²) in [5.41, 5.74) is 5.55. The minimum atomic E-state index is -0.318. The lowest BCUT2D eigenvalue weighted by atomic mass is 9.81. The van der Waals surface area contributed by atoms with Crippen LogP contribution in [-0.2, 0) is 4.79 Å². The summed E-state index contributed by atoms with van der Waals surface area (Å²) in [7, 11) is 0. The van der Waals surface area contributed by atoms with Gasteiger partial charge < -0.3 is 10.6 Å². The summed E-state index contributed by atoms with van der Waals surface area (Å²) in [5, 5.41) is 0. The molecule has 20 heavy (non-hydrogen) atoms. The van der Waals surface area contributed by atoms with E-state index < -0.39 is 0 Å². The zero-order valence-electron chi connectivity index (χ0n) is 12.6. The Hall–Kier alpha value is -0.0300. The molecule has 1 saturated carbocycles. The molecule has 0 unspecified atom stereocenters. The van der Waals surface area contributed by atoms with Crippen LogP contribution in [0.4, 0.5) is 0 Å². The van der Waals surface area contributed by atoms with Crippen LogP contribution in [0.25, 0.3) is 0 Å². The highest BCUT2D eigenvalue weighted by Crippen LogP contribution is 2.30. The summed E-state index contributed by atoms with van der Waals surface area (Å²) in [4.78, 5) is 17.2. The van der Waals surface area contributed by atoms with Crippen molar-refractivity contribution in [3.8, 4) is 0 Å². The summed E-state index contributed by atoms with van der Waals surface area (Å²) in [5.74, 6) is 0.283. The van der Waals surface area contributed by atoms with E-state index in [1.807, 2.05) is 4.90 Å². The largest absolute Gasteiger partial charge is 0.340 e. The first-order valence-electron chi connectivity index (χ1n) is 7.40. The molecule has 2 fully saturated rings. The fourth-order valence-corrected chi connectivity index (χ4v) is 2.99. The van der Waals surface area contributed by atoms with E-state index in [9.17, 15) is 4.79 Å². The van der Waals surface area contributed by atoms with Gasteiger partial charge in [-0.15, -0.1) is 24.8 Å². The fourth-order valence-electron chi connectivity index (χ4n) is 2.99. The highest BCUT2D eigenvalue weighted by atomic mass is 35.5. The molecule has 1 aliphatic heterocycles. The minimum absolute atomic E-state index is 0. The SMILES string of the molecule is CCC(CC)(CN)C(=O)N1CCN(C2CC2)CC1.Cl.Cl. The van der Waals surface area contributed by atoms with Gasteiger partial charge in [0.25, 0.3) is 0 Å². The lowest BCUT2D eigenvalue weighted by Crippen LogP contribution is -2.55. The first-order chi connectivity index (χ1) is 8.66. The number of carbonyl (C=O) groups is 1. The standard InChI is InChI=1S/C14H27N3O.2ClH/c1-3-14(4-2,11-15)13(18)17-9-7-16(8-10-17)12-5-6-12;;/h12H,3-11,15H2,1-2H3;2*1H. The zero-order valence-corrected chi connectivity index (χ0v) is 14.3. The maximum absolute atomic E-state index is 12.6. The monoisotopic (exact) mass is 325 g/mol. The van der Waals surface area contributed by atoms with Gasteiger partial charge in [-0.1, -0.05) is 13.8 Å². The van der Waals surface area contributed by atoms with Crippen LogP contribution >= 0.6 is 24.8 Å². The second-order valence-corrected chi connectivity index (χ2v) is 5.75. The van der Waals surface area contributed by atoms with Crippen LogP contribution in [0.1, 0.15) is 39.5 Å². The van der Waals surface area contributed by atoms with Crippen LogP contribution in [0.15, 0.2) is 0 Å². The second kappa shape index (κ2) is 8.42. The Morgan fingerprint density at radius 3 is 1.95 bits per heavy atom. The minimum Gasteiger partial charge on any atom is -0.340 e. The first-order valence-corrected chi connectivity index (χ1v) is 7.40. The predicted octanol–water partition coefficient (Wildman–Crippen LogP) is 1.90. The van der Waals surface area contributed by atoms with E-state index in [4.69, 9.17) is 5.73 Å². The Bertz CT molecular complexity index is 291. The number of amides is 1. The van der Waals surface area contributed by atoms with E-state index in [0.29, 0.717) is 6.54 Å². The van der Waals surface area contributed by atoms with Crippen LogP contribution in [-0.4, -0.2) is 54.5 Å². The van der Waals surface area contributed by atoms with Crippen LogP contribution in [0.3, 0.4) is 0 Å². The van der Waals surface area contributed by atoms with E-state index in [-0.39, 0.29) is 36.1 Å². The number of rotatable bonds is 5. The van der Waals surface area contributed by atoms with Crippen molar-refractivity contribution in [3.05, 3.63) is 0 Å². The van der Waals surface area contributed by atoms with Gasteiger partial charge in [-0.05, 0) is 25.7 Å². The first kappa shape index (κ1) is 20.0. The van der Waals surface area contributed by atoms with Gasteiger partial charge in [-0.3, -0.25) is 9.69 Å². The molecule has 1 amide bonds. The van der Waals surface area contributed by atoms with E-state index in [0.717, 1.165) is 45.1 Å². The average molecular weight is 326 g/mol. The molecular weight excluding hydrogens is 297 g/mol. The molecule has 2 rings (SSSR count). The highest BCUT2D eigenvalue weighted by molar-refractivity contribution is 5.85. The van der Waals surface area contributed by atoms with Gasteiger partial charge in [0.1, 0.15) is 0 Å².